The lowest BCUT2D eigenvalue weighted by atomic mass is 10.1. The van der Waals surface area contributed by atoms with Crippen LogP contribution in [-0.2, 0) is 0 Å². The van der Waals surface area contributed by atoms with Gasteiger partial charge in [-0.15, -0.1) is 0 Å². The van der Waals surface area contributed by atoms with E-state index in [1.807, 2.05) is 6.92 Å². The third kappa shape index (κ3) is 3.12. The smallest absolute Gasteiger partial charge is 0.250 e. The normalized spacial score (nSPS) is 12.2. The number of carbonyl (C=O) groups is 1. The predicted octanol–water partition coefficient (Wildman–Crippen LogP) is 1.59. The molecule has 0 bridgehead atoms. The van der Waals surface area contributed by atoms with Crippen molar-refractivity contribution in [2.24, 2.45) is 11.5 Å². The molecule has 5 heteroatoms. The number of rotatable bonds is 5. The second-order valence-corrected chi connectivity index (χ2v) is 3.98. The summed E-state index contributed by atoms with van der Waals surface area (Å²) in [5.41, 5.74) is 11.9. The number of benzene rings is 1. The highest BCUT2D eigenvalue weighted by atomic mass is 35.5. The van der Waals surface area contributed by atoms with E-state index < -0.39 is 5.91 Å². The van der Waals surface area contributed by atoms with Gasteiger partial charge < -0.3 is 16.8 Å². The monoisotopic (exact) mass is 241 g/mol. The Hall–Kier alpha value is -1.26. The average molecular weight is 242 g/mol. The predicted molar refractivity (Wildman–Crippen MR) is 66.7 cm³/mol. The Labute approximate surface area is 100.0 Å². The minimum Gasteiger partial charge on any atom is -0.380 e. The van der Waals surface area contributed by atoms with Crippen LogP contribution in [0.15, 0.2) is 18.2 Å². The lowest BCUT2D eigenvalue weighted by Crippen LogP contribution is -2.29. The van der Waals surface area contributed by atoms with Gasteiger partial charge in [0.15, 0.2) is 0 Å². The second-order valence-electron chi connectivity index (χ2n) is 3.54. The molecule has 1 atom stereocenters. The van der Waals surface area contributed by atoms with Crippen LogP contribution in [0.4, 0.5) is 5.69 Å². The molecule has 0 aliphatic carbocycles. The summed E-state index contributed by atoms with van der Waals surface area (Å²) in [6, 6.07) is 5.12. The highest BCUT2D eigenvalue weighted by Gasteiger charge is 2.11. The van der Waals surface area contributed by atoms with Crippen LogP contribution in [-0.4, -0.2) is 18.5 Å². The van der Waals surface area contributed by atoms with Gasteiger partial charge in [0, 0.05) is 23.3 Å². The van der Waals surface area contributed by atoms with Crippen molar-refractivity contribution in [3.8, 4) is 0 Å². The van der Waals surface area contributed by atoms with Crippen LogP contribution >= 0.6 is 11.6 Å². The molecule has 0 aliphatic heterocycles. The SMILES string of the molecule is CCC(CN)Nc1ccc(Cl)cc1C(N)=O. The molecule has 1 aromatic carbocycles. The van der Waals surface area contributed by atoms with Crippen molar-refractivity contribution in [3.05, 3.63) is 28.8 Å². The zero-order valence-corrected chi connectivity index (χ0v) is 9.92. The number of hydrogen-bond donors (Lipinski definition) is 3. The zero-order valence-electron chi connectivity index (χ0n) is 9.16. The maximum absolute atomic E-state index is 11.2. The molecule has 0 aliphatic rings. The molecule has 0 aromatic heterocycles. The summed E-state index contributed by atoms with van der Waals surface area (Å²) < 4.78 is 0. The standard InChI is InChI=1S/C11H16ClN3O/c1-2-8(6-13)15-10-4-3-7(12)5-9(10)11(14)16/h3-5,8,15H,2,6,13H2,1H3,(H2,14,16). The van der Waals surface area contributed by atoms with Gasteiger partial charge in [-0.2, -0.15) is 0 Å². The molecule has 0 saturated heterocycles. The van der Waals surface area contributed by atoms with Gasteiger partial charge >= 0.3 is 0 Å². The fourth-order valence-corrected chi connectivity index (χ4v) is 1.57. The quantitative estimate of drug-likeness (QED) is 0.732. The van der Waals surface area contributed by atoms with Crippen molar-refractivity contribution in [1.82, 2.24) is 0 Å². The van der Waals surface area contributed by atoms with E-state index in [2.05, 4.69) is 5.32 Å². The summed E-state index contributed by atoms with van der Waals surface area (Å²) in [5.74, 6) is -0.503. The van der Waals surface area contributed by atoms with E-state index in [1.54, 1.807) is 18.2 Å². The summed E-state index contributed by atoms with van der Waals surface area (Å²) in [4.78, 5) is 11.2. The molecule has 0 fully saturated rings. The molecule has 1 rings (SSSR count). The number of hydrogen-bond acceptors (Lipinski definition) is 3. The minimum atomic E-state index is -0.503. The Kier molecular flexibility index (Phi) is 4.58. The first-order valence-corrected chi connectivity index (χ1v) is 5.52. The number of anilines is 1. The van der Waals surface area contributed by atoms with Gasteiger partial charge in [0.05, 0.1) is 5.56 Å². The van der Waals surface area contributed by atoms with Crippen LogP contribution < -0.4 is 16.8 Å². The summed E-state index contributed by atoms with van der Waals surface area (Å²) >= 11 is 5.80. The zero-order chi connectivity index (χ0) is 12.1. The highest BCUT2D eigenvalue weighted by Crippen LogP contribution is 2.21. The van der Waals surface area contributed by atoms with Crippen LogP contribution in [0.5, 0.6) is 0 Å². The van der Waals surface area contributed by atoms with Crippen LogP contribution in [0.3, 0.4) is 0 Å². The van der Waals surface area contributed by atoms with Gasteiger partial charge in [-0.1, -0.05) is 18.5 Å². The molecular weight excluding hydrogens is 226 g/mol. The Morgan fingerprint density at radius 2 is 2.25 bits per heavy atom. The molecular formula is C11H16ClN3O. The Morgan fingerprint density at radius 1 is 1.56 bits per heavy atom. The molecule has 0 saturated carbocycles. The fourth-order valence-electron chi connectivity index (χ4n) is 1.39. The van der Waals surface area contributed by atoms with E-state index in [0.717, 1.165) is 6.42 Å². The van der Waals surface area contributed by atoms with Gasteiger partial charge in [-0.05, 0) is 24.6 Å². The Bertz CT molecular complexity index is 377. The van der Waals surface area contributed by atoms with Crippen molar-refractivity contribution in [2.75, 3.05) is 11.9 Å². The van der Waals surface area contributed by atoms with Crippen LogP contribution in [0.1, 0.15) is 23.7 Å². The molecule has 16 heavy (non-hydrogen) atoms. The van der Waals surface area contributed by atoms with Gasteiger partial charge in [-0.25, -0.2) is 0 Å². The molecule has 5 N–H and O–H groups in total. The van der Waals surface area contributed by atoms with Crippen molar-refractivity contribution in [1.29, 1.82) is 0 Å². The maximum Gasteiger partial charge on any atom is 0.250 e. The number of primary amides is 1. The molecule has 0 radical (unpaired) electrons. The second kappa shape index (κ2) is 5.72. The number of carbonyl (C=O) groups excluding carboxylic acids is 1. The van der Waals surface area contributed by atoms with E-state index in [0.29, 0.717) is 22.8 Å². The van der Waals surface area contributed by atoms with Gasteiger partial charge in [0.1, 0.15) is 0 Å². The first kappa shape index (κ1) is 12.8. The van der Waals surface area contributed by atoms with Gasteiger partial charge in [-0.3, -0.25) is 4.79 Å². The lowest BCUT2D eigenvalue weighted by molar-refractivity contribution is 0.100. The third-order valence-electron chi connectivity index (χ3n) is 2.38. The molecule has 1 unspecified atom stereocenters. The first-order valence-electron chi connectivity index (χ1n) is 5.14. The van der Waals surface area contributed by atoms with Crippen LogP contribution in [0.25, 0.3) is 0 Å². The Morgan fingerprint density at radius 3 is 2.75 bits per heavy atom. The highest BCUT2D eigenvalue weighted by molar-refractivity contribution is 6.31. The van der Waals surface area contributed by atoms with Crippen molar-refractivity contribution < 1.29 is 4.79 Å². The topological polar surface area (TPSA) is 81.1 Å². The average Bonchev–Trinajstić information content (AvgIpc) is 2.27. The molecule has 4 nitrogen and oxygen atoms in total. The molecule has 0 heterocycles. The summed E-state index contributed by atoms with van der Waals surface area (Å²) in [5, 5.41) is 3.66. The van der Waals surface area contributed by atoms with Crippen LogP contribution in [0.2, 0.25) is 5.02 Å². The van der Waals surface area contributed by atoms with E-state index >= 15 is 0 Å². The van der Waals surface area contributed by atoms with Crippen molar-refractivity contribution >= 4 is 23.2 Å². The molecule has 1 aromatic rings. The Balaban J connectivity index is 2.98. The van der Waals surface area contributed by atoms with E-state index in [9.17, 15) is 4.79 Å². The summed E-state index contributed by atoms with van der Waals surface area (Å²) in [6.45, 7) is 2.52. The molecule has 88 valence electrons. The minimum absolute atomic E-state index is 0.124. The van der Waals surface area contributed by atoms with Gasteiger partial charge in [0.2, 0.25) is 0 Å². The third-order valence-corrected chi connectivity index (χ3v) is 2.62. The maximum atomic E-state index is 11.2. The van der Waals surface area contributed by atoms with Crippen LogP contribution in [0, 0.1) is 0 Å². The van der Waals surface area contributed by atoms with E-state index in [-0.39, 0.29) is 6.04 Å². The van der Waals surface area contributed by atoms with E-state index in [4.69, 9.17) is 23.1 Å². The molecule has 0 spiro atoms. The largest absolute Gasteiger partial charge is 0.380 e. The molecule has 1 amide bonds. The first-order chi connectivity index (χ1) is 7.58. The summed E-state index contributed by atoms with van der Waals surface area (Å²) in [6.07, 6.45) is 0.872. The fraction of sp³-hybridized carbons (Fsp3) is 0.364. The van der Waals surface area contributed by atoms with Crippen molar-refractivity contribution in [3.63, 3.8) is 0 Å². The van der Waals surface area contributed by atoms with E-state index in [1.165, 1.54) is 0 Å². The number of nitrogens with one attached hydrogen (secondary N) is 1. The van der Waals surface area contributed by atoms with Crippen molar-refractivity contribution in [2.45, 2.75) is 19.4 Å². The summed E-state index contributed by atoms with van der Waals surface area (Å²) in [7, 11) is 0. The number of nitrogens with two attached hydrogens (primary N) is 2. The number of halogens is 1. The lowest BCUT2D eigenvalue weighted by Gasteiger charge is -2.18. The van der Waals surface area contributed by atoms with Gasteiger partial charge in [0.25, 0.3) is 5.91 Å². The number of amides is 1.